The average Bonchev–Trinajstić information content (AvgIpc) is 2.86. The van der Waals surface area contributed by atoms with Gasteiger partial charge in [0.2, 0.25) is 0 Å². The minimum Gasteiger partial charge on any atom is -0.313 e. The zero-order valence-corrected chi connectivity index (χ0v) is 14.4. The van der Waals surface area contributed by atoms with Gasteiger partial charge in [0, 0.05) is 37.3 Å². The Kier molecular flexibility index (Phi) is 4.74. The number of nitrogens with zero attached hydrogens (tertiary/aromatic N) is 4. The minimum absolute atomic E-state index is 0.178. The molecule has 0 saturated heterocycles. The molecule has 1 N–H and O–H groups in total. The Morgan fingerprint density at radius 2 is 1.86 bits per heavy atom. The monoisotopic (exact) mass is 309 g/mol. The average molecular weight is 310 g/mol. The summed E-state index contributed by atoms with van der Waals surface area (Å²) in [4.78, 5) is 0. The zero-order valence-electron chi connectivity index (χ0n) is 13.7. The van der Waals surface area contributed by atoms with Gasteiger partial charge < -0.3 is 5.32 Å². The summed E-state index contributed by atoms with van der Waals surface area (Å²) in [6, 6.07) is 0.178. The van der Waals surface area contributed by atoms with Crippen LogP contribution >= 0.6 is 11.6 Å². The highest BCUT2D eigenvalue weighted by molar-refractivity contribution is 6.31. The second kappa shape index (κ2) is 6.20. The molecule has 1 atom stereocenters. The van der Waals surface area contributed by atoms with E-state index in [9.17, 15) is 0 Å². The van der Waals surface area contributed by atoms with Gasteiger partial charge in [-0.3, -0.25) is 9.36 Å². The number of aryl methyl sites for hydroxylation is 4. The number of hydrogen-bond acceptors (Lipinski definition) is 3. The summed E-state index contributed by atoms with van der Waals surface area (Å²) < 4.78 is 3.92. The van der Waals surface area contributed by atoms with Crippen molar-refractivity contribution in [1.29, 1.82) is 0 Å². The highest BCUT2D eigenvalue weighted by atomic mass is 35.5. The molecular weight excluding hydrogens is 286 g/mol. The molecule has 0 aliphatic heterocycles. The van der Waals surface area contributed by atoms with Crippen LogP contribution in [0.25, 0.3) is 0 Å². The Bertz CT molecular complexity index is 641. The highest BCUT2D eigenvalue weighted by Crippen LogP contribution is 2.28. The second-order valence-corrected chi connectivity index (χ2v) is 5.79. The summed E-state index contributed by atoms with van der Waals surface area (Å²) in [5.41, 5.74) is 5.46. The third-order valence-electron chi connectivity index (χ3n) is 4.11. The van der Waals surface area contributed by atoms with Crippen molar-refractivity contribution < 1.29 is 0 Å². The van der Waals surface area contributed by atoms with Gasteiger partial charge in [-0.1, -0.05) is 11.6 Å². The van der Waals surface area contributed by atoms with Crippen molar-refractivity contribution in [2.75, 3.05) is 7.05 Å². The molecule has 0 aromatic carbocycles. The Balaban J connectivity index is 2.40. The molecule has 2 heterocycles. The summed E-state index contributed by atoms with van der Waals surface area (Å²) >= 11 is 6.43. The van der Waals surface area contributed by atoms with Crippen molar-refractivity contribution >= 4 is 11.6 Å². The van der Waals surface area contributed by atoms with Gasteiger partial charge in [-0.15, -0.1) is 0 Å². The van der Waals surface area contributed by atoms with Gasteiger partial charge >= 0.3 is 0 Å². The number of likely N-dealkylation sites (N-methyl/N-ethyl adjacent to an activating group) is 1. The second-order valence-electron chi connectivity index (χ2n) is 5.42. The Labute approximate surface area is 131 Å². The van der Waals surface area contributed by atoms with Crippen LogP contribution in [-0.2, 0) is 20.0 Å². The molecule has 2 rings (SSSR count). The quantitative estimate of drug-likeness (QED) is 0.924. The van der Waals surface area contributed by atoms with E-state index in [4.69, 9.17) is 11.6 Å². The molecule has 0 amide bonds. The zero-order chi connectivity index (χ0) is 15.7. The standard InChI is InChI=1S/C15H24ClN5/c1-7-21-13(15(16)10(3)19-21)8-12(17-5)14-9(2)18-20(6)11(14)4/h12,17H,7-8H2,1-6H3. The van der Waals surface area contributed by atoms with E-state index in [1.165, 1.54) is 11.3 Å². The largest absolute Gasteiger partial charge is 0.313 e. The maximum absolute atomic E-state index is 6.43. The van der Waals surface area contributed by atoms with E-state index in [0.717, 1.165) is 35.1 Å². The lowest BCUT2D eigenvalue weighted by Gasteiger charge is -2.18. The number of hydrogen-bond donors (Lipinski definition) is 1. The molecule has 2 aromatic rings. The molecule has 0 aliphatic rings. The van der Waals surface area contributed by atoms with E-state index in [1.807, 2.05) is 30.4 Å². The van der Waals surface area contributed by atoms with E-state index in [0.29, 0.717) is 0 Å². The number of halogens is 1. The van der Waals surface area contributed by atoms with Crippen molar-refractivity contribution in [3.8, 4) is 0 Å². The van der Waals surface area contributed by atoms with Gasteiger partial charge in [-0.25, -0.2) is 0 Å². The van der Waals surface area contributed by atoms with Crippen molar-refractivity contribution in [2.45, 2.75) is 46.7 Å². The summed E-state index contributed by atoms with van der Waals surface area (Å²) in [5.74, 6) is 0. The predicted molar refractivity (Wildman–Crippen MR) is 85.8 cm³/mol. The molecule has 0 bridgehead atoms. The van der Waals surface area contributed by atoms with Crippen LogP contribution in [0.4, 0.5) is 0 Å². The van der Waals surface area contributed by atoms with Gasteiger partial charge in [0.15, 0.2) is 0 Å². The molecule has 21 heavy (non-hydrogen) atoms. The molecule has 0 spiro atoms. The molecule has 1 unspecified atom stereocenters. The van der Waals surface area contributed by atoms with E-state index >= 15 is 0 Å². The highest BCUT2D eigenvalue weighted by Gasteiger charge is 2.23. The van der Waals surface area contributed by atoms with Crippen LogP contribution in [-0.4, -0.2) is 26.6 Å². The van der Waals surface area contributed by atoms with Gasteiger partial charge in [-0.2, -0.15) is 10.2 Å². The van der Waals surface area contributed by atoms with Crippen molar-refractivity contribution in [3.63, 3.8) is 0 Å². The van der Waals surface area contributed by atoms with Crippen LogP contribution in [0.3, 0.4) is 0 Å². The molecule has 0 aliphatic carbocycles. The van der Waals surface area contributed by atoms with Crippen LogP contribution in [0.1, 0.15) is 41.3 Å². The van der Waals surface area contributed by atoms with Crippen LogP contribution in [0.15, 0.2) is 0 Å². The first-order valence-corrected chi connectivity index (χ1v) is 7.67. The number of rotatable bonds is 5. The molecule has 116 valence electrons. The molecular formula is C15H24ClN5. The molecule has 2 aromatic heterocycles. The van der Waals surface area contributed by atoms with E-state index in [2.05, 4.69) is 36.3 Å². The lowest BCUT2D eigenvalue weighted by Crippen LogP contribution is -2.22. The van der Waals surface area contributed by atoms with Gasteiger partial charge in [-0.05, 0) is 34.7 Å². The minimum atomic E-state index is 0.178. The first-order chi connectivity index (χ1) is 9.90. The third-order valence-corrected chi connectivity index (χ3v) is 4.60. The maximum Gasteiger partial charge on any atom is 0.0847 e. The molecule has 0 saturated carbocycles. The van der Waals surface area contributed by atoms with Crippen molar-refractivity contribution in [1.82, 2.24) is 24.9 Å². The van der Waals surface area contributed by atoms with Crippen LogP contribution in [0.5, 0.6) is 0 Å². The Morgan fingerprint density at radius 3 is 2.33 bits per heavy atom. The van der Waals surface area contributed by atoms with Crippen LogP contribution in [0.2, 0.25) is 5.02 Å². The smallest absolute Gasteiger partial charge is 0.0847 e. The number of nitrogens with one attached hydrogen (secondary N) is 1. The summed E-state index contributed by atoms with van der Waals surface area (Å²) in [6.45, 7) is 9.01. The number of aromatic nitrogens is 4. The molecule has 6 heteroatoms. The van der Waals surface area contributed by atoms with Crippen LogP contribution < -0.4 is 5.32 Å². The lowest BCUT2D eigenvalue weighted by molar-refractivity contribution is 0.537. The normalized spacial score (nSPS) is 12.9. The molecule has 0 fully saturated rings. The Morgan fingerprint density at radius 1 is 1.19 bits per heavy atom. The van der Waals surface area contributed by atoms with Gasteiger partial charge in [0.25, 0.3) is 0 Å². The van der Waals surface area contributed by atoms with E-state index in [1.54, 1.807) is 0 Å². The fourth-order valence-corrected chi connectivity index (χ4v) is 3.11. The van der Waals surface area contributed by atoms with E-state index in [-0.39, 0.29) is 6.04 Å². The lowest BCUT2D eigenvalue weighted by atomic mass is 10.00. The summed E-state index contributed by atoms with van der Waals surface area (Å²) in [7, 11) is 3.95. The van der Waals surface area contributed by atoms with Gasteiger partial charge in [0.1, 0.15) is 0 Å². The predicted octanol–water partition coefficient (Wildman–Crippen LogP) is 2.72. The van der Waals surface area contributed by atoms with Gasteiger partial charge in [0.05, 0.1) is 22.1 Å². The fraction of sp³-hybridized carbons (Fsp3) is 0.600. The summed E-state index contributed by atoms with van der Waals surface area (Å²) in [5, 5.41) is 13.2. The Hall–Kier alpha value is -1.33. The maximum atomic E-state index is 6.43. The molecule has 5 nitrogen and oxygen atoms in total. The van der Waals surface area contributed by atoms with Crippen molar-refractivity contribution in [2.24, 2.45) is 7.05 Å². The topological polar surface area (TPSA) is 47.7 Å². The summed E-state index contributed by atoms with van der Waals surface area (Å²) in [6.07, 6.45) is 0.803. The first kappa shape index (κ1) is 16.0. The molecule has 0 radical (unpaired) electrons. The SMILES string of the molecule is CCn1nc(C)c(Cl)c1CC(NC)c1c(C)nn(C)c1C. The van der Waals surface area contributed by atoms with Crippen LogP contribution in [0, 0.1) is 20.8 Å². The van der Waals surface area contributed by atoms with E-state index < -0.39 is 0 Å². The fourth-order valence-electron chi connectivity index (χ4n) is 2.90. The van der Waals surface area contributed by atoms with Crippen molar-refractivity contribution in [3.05, 3.63) is 33.4 Å². The third kappa shape index (κ3) is 2.85. The first-order valence-electron chi connectivity index (χ1n) is 7.29.